The molecule has 2 aromatic heterocycles. The van der Waals surface area contributed by atoms with Crippen LogP contribution in [0.3, 0.4) is 0 Å². The van der Waals surface area contributed by atoms with Crippen LogP contribution in [-0.4, -0.2) is 71.0 Å². The molecule has 0 radical (unpaired) electrons. The van der Waals surface area contributed by atoms with Gasteiger partial charge in [-0.3, -0.25) is 4.72 Å². The topological polar surface area (TPSA) is 136 Å². The number of likely N-dealkylation sites (tertiary alicyclic amines) is 1. The summed E-state index contributed by atoms with van der Waals surface area (Å²) in [5.41, 5.74) is 1.65. The fourth-order valence-corrected chi connectivity index (χ4v) is 7.20. The lowest BCUT2D eigenvalue weighted by Crippen LogP contribution is -2.51. The van der Waals surface area contributed by atoms with Gasteiger partial charge in [-0.2, -0.15) is 0 Å². The highest BCUT2D eigenvalue weighted by Crippen LogP contribution is 2.40. The number of carbonyl (C=O) groups excluding carboxylic acids is 1. The maximum absolute atomic E-state index is 14.7. The number of fused-ring (bicyclic) bond motifs is 1. The lowest BCUT2D eigenvalue weighted by molar-refractivity contribution is 0.0124. The van der Waals surface area contributed by atoms with Crippen molar-refractivity contribution in [3.63, 3.8) is 0 Å². The van der Waals surface area contributed by atoms with Crippen molar-refractivity contribution in [2.75, 3.05) is 28.9 Å². The van der Waals surface area contributed by atoms with Gasteiger partial charge in [0.2, 0.25) is 21.9 Å². The molecule has 1 amide bonds. The zero-order valence-electron chi connectivity index (χ0n) is 26.9. The number of alkyl halides is 1. The average Bonchev–Trinajstić information content (AvgIpc) is 3.81. The first kappa shape index (κ1) is 32.4. The molecule has 2 aromatic carbocycles. The van der Waals surface area contributed by atoms with Crippen LogP contribution in [0.5, 0.6) is 11.6 Å². The smallest absolute Gasteiger partial charge is 0.410 e. The molecular weight excluding hydrogens is 623 g/mol. The number of ether oxygens (including phenoxy) is 2. The number of benzene rings is 2. The Labute approximate surface area is 274 Å². The number of piperidine rings is 1. The highest BCUT2D eigenvalue weighted by Gasteiger charge is 2.33. The number of nitrogens with one attached hydrogen (secondary N) is 2. The molecule has 2 aliphatic rings. The minimum Gasteiger partial charge on any atom is -0.444 e. The third-order valence-corrected chi connectivity index (χ3v) is 9.33. The summed E-state index contributed by atoms with van der Waals surface area (Å²) in [7, 11) is -3.50. The SMILES string of the molecule is Cc1cc(NS(=O)(=O)CC2CC2)c2ccccc2c1Oc1ncccc1-c1ccnc(N[C@H]2C[C@H](F)CN(C(=O)OC(C)(C)C)C2)n1. The summed E-state index contributed by atoms with van der Waals surface area (Å²) in [5, 5.41) is 4.62. The van der Waals surface area contributed by atoms with Crippen LogP contribution in [0.15, 0.2) is 60.9 Å². The number of pyridine rings is 1. The molecule has 6 rings (SSSR count). The lowest BCUT2D eigenvalue weighted by Gasteiger charge is -2.36. The van der Waals surface area contributed by atoms with Crippen molar-refractivity contribution >= 4 is 38.5 Å². The highest BCUT2D eigenvalue weighted by molar-refractivity contribution is 7.92. The van der Waals surface area contributed by atoms with Crippen LogP contribution in [0, 0.1) is 12.8 Å². The maximum atomic E-state index is 14.7. The number of nitrogens with zero attached hydrogens (tertiary/aromatic N) is 4. The van der Waals surface area contributed by atoms with Crippen molar-refractivity contribution in [1.82, 2.24) is 19.9 Å². The van der Waals surface area contributed by atoms with Gasteiger partial charge < -0.3 is 19.7 Å². The van der Waals surface area contributed by atoms with Crippen LogP contribution in [0.2, 0.25) is 0 Å². The van der Waals surface area contributed by atoms with Crippen LogP contribution < -0.4 is 14.8 Å². The molecule has 2 N–H and O–H groups in total. The summed E-state index contributed by atoms with van der Waals surface area (Å²) in [5.74, 6) is 1.44. The van der Waals surface area contributed by atoms with E-state index < -0.39 is 33.9 Å². The van der Waals surface area contributed by atoms with Crippen molar-refractivity contribution in [3.8, 4) is 22.9 Å². The van der Waals surface area contributed by atoms with E-state index in [-0.39, 0.29) is 37.1 Å². The minimum absolute atomic E-state index is 0.0359. The van der Waals surface area contributed by atoms with Crippen LogP contribution >= 0.6 is 0 Å². The molecule has 1 saturated carbocycles. The first-order valence-corrected chi connectivity index (χ1v) is 17.4. The molecule has 1 aliphatic carbocycles. The molecule has 47 heavy (non-hydrogen) atoms. The second-order valence-electron chi connectivity index (χ2n) is 13.2. The second kappa shape index (κ2) is 12.9. The number of carbonyl (C=O) groups is 1. The van der Waals surface area contributed by atoms with E-state index in [9.17, 15) is 17.6 Å². The number of amides is 1. The average molecular weight is 663 g/mol. The molecule has 13 heteroatoms. The molecule has 11 nitrogen and oxygen atoms in total. The van der Waals surface area contributed by atoms with Gasteiger partial charge in [0.1, 0.15) is 17.5 Å². The number of anilines is 2. The van der Waals surface area contributed by atoms with Crippen molar-refractivity contribution < 1.29 is 27.1 Å². The number of halogens is 1. The summed E-state index contributed by atoms with van der Waals surface area (Å²) in [4.78, 5) is 27.5. The molecule has 1 aliphatic heterocycles. The van der Waals surface area contributed by atoms with Gasteiger partial charge in [0.25, 0.3) is 0 Å². The van der Waals surface area contributed by atoms with Crippen LogP contribution in [0.25, 0.3) is 22.0 Å². The maximum Gasteiger partial charge on any atom is 0.410 e. The Bertz CT molecular complexity index is 1900. The van der Waals surface area contributed by atoms with E-state index in [0.717, 1.165) is 23.8 Å². The molecule has 2 fully saturated rings. The lowest BCUT2D eigenvalue weighted by atomic mass is 10.0. The monoisotopic (exact) mass is 662 g/mol. The molecule has 1 saturated heterocycles. The van der Waals surface area contributed by atoms with Crippen LogP contribution in [0.1, 0.15) is 45.6 Å². The van der Waals surface area contributed by atoms with Gasteiger partial charge in [-0.25, -0.2) is 32.6 Å². The molecule has 0 unspecified atom stereocenters. The van der Waals surface area contributed by atoms with E-state index in [1.807, 2.05) is 37.3 Å². The van der Waals surface area contributed by atoms with E-state index >= 15 is 0 Å². The van der Waals surface area contributed by atoms with E-state index in [0.29, 0.717) is 34.0 Å². The van der Waals surface area contributed by atoms with Gasteiger partial charge in [-0.15, -0.1) is 0 Å². The molecule has 0 bridgehead atoms. The standard InChI is InChI=1S/C34H39FN6O5S/c1-21-16-29(40-47(43,44)20-22-11-12-22)25-8-5-6-9-26(25)30(21)45-31-27(10-7-14-36-31)28-13-15-37-32(39-28)38-24-17-23(35)18-41(19-24)33(42)46-34(2,3)4/h5-10,13-16,22-24,40H,11-12,17-20H2,1-4H3,(H,37,38,39)/t23-,24-/m0/s1. The Morgan fingerprint density at radius 1 is 1.04 bits per heavy atom. The largest absolute Gasteiger partial charge is 0.444 e. The molecule has 248 valence electrons. The third-order valence-electron chi connectivity index (χ3n) is 7.88. The van der Waals surface area contributed by atoms with Crippen molar-refractivity contribution in [2.45, 2.75) is 64.8 Å². The highest BCUT2D eigenvalue weighted by atomic mass is 32.2. The number of aromatic nitrogens is 3. The minimum atomic E-state index is -3.50. The van der Waals surface area contributed by atoms with Gasteiger partial charge in [0.05, 0.1) is 29.2 Å². The molecule has 4 aromatic rings. The zero-order chi connectivity index (χ0) is 33.3. The van der Waals surface area contributed by atoms with Gasteiger partial charge in [0.15, 0.2) is 0 Å². The number of hydrogen-bond donors (Lipinski definition) is 2. The quantitative estimate of drug-likeness (QED) is 0.201. The predicted octanol–water partition coefficient (Wildman–Crippen LogP) is 6.70. The number of aryl methyl sites for hydroxylation is 1. The first-order chi connectivity index (χ1) is 22.3. The number of rotatable bonds is 9. The van der Waals surface area contributed by atoms with Crippen LogP contribution in [0.4, 0.5) is 20.8 Å². The van der Waals surface area contributed by atoms with E-state index in [4.69, 9.17) is 9.47 Å². The van der Waals surface area contributed by atoms with Gasteiger partial charge >= 0.3 is 6.09 Å². The Morgan fingerprint density at radius 2 is 1.81 bits per heavy atom. The molecule has 2 atom stereocenters. The Morgan fingerprint density at radius 3 is 2.55 bits per heavy atom. The predicted molar refractivity (Wildman–Crippen MR) is 179 cm³/mol. The van der Waals surface area contributed by atoms with Gasteiger partial charge in [0, 0.05) is 42.2 Å². The normalized spacial score (nSPS) is 18.5. The fourth-order valence-electron chi connectivity index (χ4n) is 5.65. The second-order valence-corrected chi connectivity index (χ2v) is 15.0. The molecule has 3 heterocycles. The van der Waals surface area contributed by atoms with Crippen molar-refractivity contribution in [2.24, 2.45) is 5.92 Å². The van der Waals surface area contributed by atoms with E-state index in [2.05, 4.69) is 25.0 Å². The number of sulfonamides is 1. The Balaban J connectivity index is 1.24. The third kappa shape index (κ3) is 8.07. The summed E-state index contributed by atoms with van der Waals surface area (Å²) < 4.78 is 55.1. The fraction of sp³-hybridized carbons (Fsp3) is 0.412. The first-order valence-electron chi connectivity index (χ1n) is 15.7. The van der Waals surface area contributed by atoms with Crippen molar-refractivity contribution in [3.05, 3.63) is 66.5 Å². The summed E-state index contributed by atoms with van der Waals surface area (Å²) in [6, 6.07) is 14.1. The summed E-state index contributed by atoms with van der Waals surface area (Å²) in [6.45, 7) is 7.38. The molecular formula is C34H39FN6O5S. The van der Waals surface area contributed by atoms with Gasteiger partial charge in [-0.1, -0.05) is 24.3 Å². The Kier molecular flexibility index (Phi) is 8.93. The van der Waals surface area contributed by atoms with E-state index in [1.54, 1.807) is 51.4 Å². The van der Waals surface area contributed by atoms with Gasteiger partial charge in [-0.05, 0) is 76.3 Å². The van der Waals surface area contributed by atoms with Crippen molar-refractivity contribution in [1.29, 1.82) is 0 Å². The summed E-state index contributed by atoms with van der Waals surface area (Å²) in [6.07, 6.45) is 3.48. The number of hydrogen-bond acceptors (Lipinski definition) is 9. The zero-order valence-corrected chi connectivity index (χ0v) is 27.7. The van der Waals surface area contributed by atoms with E-state index in [1.165, 1.54) is 4.90 Å². The Hall–Kier alpha value is -4.52. The molecule has 0 spiro atoms. The summed E-state index contributed by atoms with van der Waals surface area (Å²) >= 11 is 0. The van der Waals surface area contributed by atoms with Crippen LogP contribution in [-0.2, 0) is 14.8 Å².